The van der Waals surface area contributed by atoms with E-state index in [9.17, 15) is 0 Å². The summed E-state index contributed by atoms with van der Waals surface area (Å²) in [6.45, 7) is 0. The molecule has 11 rings (SSSR count). The third-order valence-electron chi connectivity index (χ3n) is 12.1. The summed E-state index contributed by atoms with van der Waals surface area (Å²) in [5.41, 5.74) is 12.8. The number of aryl methyl sites for hydroxylation is 2. The average molecular weight is 739 g/mol. The molecule has 0 saturated heterocycles. The Kier molecular flexibility index (Phi) is 7.92. The number of hydrogen-bond donors (Lipinski definition) is 0. The maximum absolute atomic E-state index is 3.43. The number of aromatic nitrogens is 2. The van der Waals surface area contributed by atoms with E-state index >= 15 is 0 Å². The Labute approximate surface area is 338 Å². The quantitative estimate of drug-likeness (QED) is 0.156. The van der Waals surface area contributed by atoms with Crippen LogP contribution in [0.25, 0.3) is 76.3 Å². The van der Waals surface area contributed by atoms with Crippen LogP contribution < -0.4 is 0 Å². The van der Waals surface area contributed by atoms with Crippen molar-refractivity contribution in [3.63, 3.8) is 0 Å². The van der Waals surface area contributed by atoms with E-state index in [0.29, 0.717) is 5.92 Å². The summed E-state index contributed by atoms with van der Waals surface area (Å²) in [4.78, 5) is 0. The molecule has 8 aromatic carbocycles. The van der Waals surface area contributed by atoms with Gasteiger partial charge in [-0.2, -0.15) is 0 Å². The molecule has 1 atom stereocenters. The number of fused-ring (bicyclic) bond motifs is 10. The van der Waals surface area contributed by atoms with Crippen molar-refractivity contribution in [2.45, 2.75) is 12.3 Å². The molecule has 2 heteroatoms. The van der Waals surface area contributed by atoms with Crippen LogP contribution in [-0.2, 0) is 14.1 Å². The molecule has 0 saturated carbocycles. The minimum absolute atomic E-state index is 0.452. The lowest BCUT2D eigenvalue weighted by Crippen LogP contribution is -1.95. The molecular formula is C56H38N2. The van der Waals surface area contributed by atoms with E-state index < -0.39 is 0 Å². The molecule has 0 fully saturated rings. The predicted octanol–water partition coefficient (Wildman–Crippen LogP) is 13.3. The first kappa shape index (κ1) is 33.8. The van der Waals surface area contributed by atoms with Crippen molar-refractivity contribution in [3.05, 3.63) is 204 Å². The highest BCUT2D eigenvalue weighted by Gasteiger charge is 2.17. The third-order valence-corrected chi connectivity index (χ3v) is 12.1. The average Bonchev–Trinajstić information content (AvgIpc) is 3.73. The molecule has 10 aromatic rings. The smallest absolute Gasteiger partial charge is 0.0568 e. The van der Waals surface area contributed by atoms with E-state index in [1.165, 1.54) is 81.8 Å². The molecule has 0 radical (unpaired) electrons. The normalized spacial score (nSPS) is 13.7. The largest absolute Gasteiger partial charge is 0.343 e. The molecule has 0 spiro atoms. The first-order valence-electron chi connectivity index (χ1n) is 20.0. The monoisotopic (exact) mass is 738 g/mol. The van der Waals surface area contributed by atoms with Crippen LogP contribution in [-0.4, -0.2) is 9.13 Å². The van der Waals surface area contributed by atoms with Gasteiger partial charge in [0.05, 0.1) is 11.0 Å². The topological polar surface area (TPSA) is 9.86 Å². The number of rotatable bonds is 2. The van der Waals surface area contributed by atoms with Crippen LogP contribution in [0, 0.1) is 23.7 Å². The van der Waals surface area contributed by atoms with Crippen molar-refractivity contribution in [3.8, 4) is 34.8 Å². The SMILES string of the molecule is Cn1c2cc3c4ccc5cc(C#Cc6ccc(C7C=CC=CC7)cc6)ccc5c4n(C)c3cc2c2ccc3cc(C#Cc4ccc(-c5ccccc5)cc4)ccc3c21. The van der Waals surface area contributed by atoms with E-state index in [1.807, 2.05) is 6.07 Å². The summed E-state index contributed by atoms with van der Waals surface area (Å²) in [7, 11) is 4.40. The van der Waals surface area contributed by atoms with Gasteiger partial charge in [-0.05, 0) is 94.5 Å². The number of benzene rings is 8. The van der Waals surface area contributed by atoms with E-state index in [0.717, 1.165) is 28.7 Å². The van der Waals surface area contributed by atoms with Gasteiger partial charge in [-0.3, -0.25) is 0 Å². The molecule has 2 aromatic heterocycles. The fourth-order valence-electron chi connectivity index (χ4n) is 9.05. The zero-order chi connectivity index (χ0) is 38.7. The predicted molar refractivity (Wildman–Crippen MR) is 245 cm³/mol. The van der Waals surface area contributed by atoms with Crippen molar-refractivity contribution in [1.29, 1.82) is 0 Å². The molecular weight excluding hydrogens is 701 g/mol. The van der Waals surface area contributed by atoms with Gasteiger partial charge >= 0.3 is 0 Å². The van der Waals surface area contributed by atoms with Crippen molar-refractivity contribution in [1.82, 2.24) is 9.13 Å². The number of allylic oxidation sites excluding steroid dienone is 4. The van der Waals surface area contributed by atoms with Gasteiger partial charge in [-0.1, -0.05) is 139 Å². The minimum atomic E-state index is 0.452. The van der Waals surface area contributed by atoms with E-state index in [2.05, 4.69) is 217 Å². The molecule has 0 bridgehead atoms. The van der Waals surface area contributed by atoms with Crippen LogP contribution in [0.1, 0.15) is 40.2 Å². The molecule has 0 amide bonds. The molecule has 0 aliphatic heterocycles. The van der Waals surface area contributed by atoms with Crippen LogP contribution >= 0.6 is 0 Å². The Morgan fingerprint density at radius 1 is 0.431 bits per heavy atom. The minimum Gasteiger partial charge on any atom is -0.343 e. The van der Waals surface area contributed by atoms with Crippen LogP contribution in [0.5, 0.6) is 0 Å². The number of nitrogens with zero attached hydrogens (tertiary/aromatic N) is 2. The van der Waals surface area contributed by atoms with Gasteiger partial charge in [0.2, 0.25) is 0 Å². The van der Waals surface area contributed by atoms with Crippen molar-refractivity contribution in [2.75, 3.05) is 0 Å². The summed E-state index contributed by atoms with van der Waals surface area (Å²) < 4.78 is 4.74. The molecule has 2 nitrogen and oxygen atoms in total. The lowest BCUT2D eigenvalue weighted by Gasteiger charge is -2.13. The highest BCUT2D eigenvalue weighted by atomic mass is 15.0. The lowest BCUT2D eigenvalue weighted by molar-refractivity contribution is 0.853. The Bertz CT molecular complexity index is 3480. The molecule has 1 aliphatic carbocycles. The second kappa shape index (κ2) is 13.6. The standard InChI is InChI=1S/C56H38N2/c1-57-53-35-52-50-32-28-46-34-40(16-14-38-19-25-44(26-20-38)42-11-7-4-8-12-42)22-30-48(46)56(50)58(2)54(52)36-51(53)49-31-27-45-33-39(21-29-47(45)55(49)57)15-13-37-17-23-43(24-18-37)41-9-5-3-6-10-41/h3-11,17-36,42H,12H2,1-2H3. The van der Waals surface area contributed by atoms with E-state index in [4.69, 9.17) is 0 Å². The maximum Gasteiger partial charge on any atom is 0.0568 e. The van der Waals surface area contributed by atoms with E-state index in [1.54, 1.807) is 0 Å². The van der Waals surface area contributed by atoms with Gasteiger partial charge in [0.25, 0.3) is 0 Å². The van der Waals surface area contributed by atoms with Crippen LogP contribution in [0.2, 0.25) is 0 Å². The Morgan fingerprint density at radius 2 is 0.914 bits per heavy atom. The molecule has 58 heavy (non-hydrogen) atoms. The third kappa shape index (κ3) is 5.70. The fraction of sp³-hybridized carbons (Fsp3) is 0.0714. The second-order valence-corrected chi connectivity index (χ2v) is 15.5. The Hall–Kier alpha value is -7.52. The highest BCUT2D eigenvalue weighted by molar-refractivity contribution is 6.24. The van der Waals surface area contributed by atoms with Crippen LogP contribution in [0.15, 0.2) is 176 Å². The van der Waals surface area contributed by atoms with E-state index in [-0.39, 0.29) is 0 Å². The summed E-state index contributed by atoms with van der Waals surface area (Å²) in [6, 6.07) is 54.8. The molecule has 1 unspecified atom stereocenters. The van der Waals surface area contributed by atoms with Gasteiger partial charge in [0.1, 0.15) is 0 Å². The van der Waals surface area contributed by atoms with Gasteiger partial charge < -0.3 is 9.13 Å². The lowest BCUT2D eigenvalue weighted by atomic mass is 9.92. The summed E-state index contributed by atoms with van der Waals surface area (Å²) in [5.74, 6) is 14.1. The maximum atomic E-state index is 3.43. The molecule has 272 valence electrons. The van der Waals surface area contributed by atoms with Gasteiger partial charge in [0.15, 0.2) is 0 Å². The molecule has 1 aliphatic rings. The fourth-order valence-corrected chi connectivity index (χ4v) is 9.05. The van der Waals surface area contributed by atoms with Crippen molar-refractivity contribution in [2.24, 2.45) is 14.1 Å². The highest BCUT2D eigenvalue weighted by Crippen LogP contribution is 2.40. The summed E-state index contributed by atoms with van der Waals surface area (Å²) in [5, 5.41) is 9.93. The van der Waals surface area contributed by atoms with Gasteiger partial charge in [-0.25, -0.2) is 0 Å². The summed E-state index contributed by atoms with van der Waals surface area (Å²) in [6.07, 6.45) is 9.82. The van der Waals surface area contributed by atoms with Gasteiger partial charge in [0, 0.05) is 85.6 Å². The number of hydrogen-bond acceptors (Lipinski definition) is 0. The van der Waals surface area contributed by atoms with Crippen LogP contribution in [0.3, 0.4) is 0 Å². The Balaban J connectivity index is 0.918. The first-order chi connectivity index (χ1) is 28.6. The molecule has 0 N–H and O–H groups in total. The van der Waals surface area contributed by atoms with Gasteiger partial charge in [-0.15, -0.1) is 0 Å². The molecule has 2 heterocycles. The van der Waals surface area contributed by atoms with Crippen molar-refractivity contribution >= 4 is 65.2 Å². The van der Waals surface area contributed by atoms with Crippen molar-refractivity contribution < 1.29 is 0 Å². The van der Waals surface area contributed by atoms with Crippen LogP contribution in [0.4, 0.5) is 0 Å². The summed E-state index contributed by atoms with van der Waals surface area (Å²) >= 11 is 0. The first-order valence-corrected chi connectivity index (χ1v) is 20.0. The second-order valence-electron chi connectivity index (χ2n) is 15.5. The zero-order valence-corrected chi connectivity index (χ0v) is 32.4. The Morgan fingerprint density at radius 3 is 1.45 bits per heavy atom. The zero-order valence-electron chi connectivity index (χ0n) is 32.4.